The molecule has 2 amide bonds. The highest BCUT2D eigenvalue weighted by Crippen LogP contribution is 2.32. The quantitative estimate of drug-likeness (QED) is 0.938. The van der Waals surface area contributed by atoms with Crippen LogP contribution in [0.1, 0.15) is 17.5 Å². The van der Waals surface area contributed by atoms with E-state index < -0.39 is 11.9 Å². The van der Waals surface area contributed by atoms with E-state index in [4.69, 9.17) is 5.73 Å². The molecule has 0 aromatic heterocycles. The van der Waals surface area contributed by atoms with Gasteiger partial charge in [0, 0.05) is 18.5 Å². The van der Waals surface area contributed by atoms with Gasteiger partial charge >= 0.3 is 0 Å². The normalized spacial score (nSPS) is 16.4. The van der Waals surface area contributed by atoms with Crippen LogP contribution in [0.3, 0.4) is 0 Å². The Kier molecular flexibility index (Phi) is 3.92. The number of anilines is 1. The molecule has 2 N–H and O–H groups in total. The number of nitrogens with two attached hydrogens (primary N) is 1. The van der Waals surface area contributed by atoms with Gasteiger partial charge in [-0.05, 0) is 23.6 Å². The maximum atomic E-state index is 12.6. The summed E-state index contributed by atoms with van der Waals surface area (Å²) in [6.07, 6.45) is 1.52. The van der Waals surface area contributed by atoms with Crippen LogP contribution in [0.25, 0.3) is 0 Å². The number of carbonyl (C=O) groups is 2. The number of para-hydroxylation sites is 1. The lowest BCUT2D eigenvalue weighted by Crippen LogP contribution is -2.46. The maximum Gasteiger partial charge on any atom is 0.240 e. The van der Waals surface area contributed by atoms with Crippen molar-refractivity contribution in [3.05, 3.63) is 65.7 Å². The van der Waals surface area contributed by atoms with Crippen LogP contribution < -0.4 is 10.6 Å². The van der Waals surface area contributed by atoms with Crippen molar-refractivity contribution in [2.24, 2.45) is 5.73 Å². The van der Waals surface area contributed by atoms with Crippen LogP contribution >= 0.6 is 0 Å². The average Bonchev–Trinajstić information content (AvgIpc) is 2.93. The van der Waals surface area contributed by atoms with Gasteiger partial charge in [0.05, 0.1) is 0 Å². The van der Waals surface area contributed by atoms with Crippen molar-refractivity contribution >= 4 is 17.5 Å². The third kappa shape index (κ3) is 2.72. The average molecular weight is 294 g/mol. The van der Waals surface area contributed by atoms with Crippen molar-refractivity contribution in [3.63, 3.8) is 0 Å². The molecule has 4 heteroatoms. The largest absolute Gasteiger partial charge is 0.368 e. The number of primary amides is 1. The summed E-state index contributed by atoms with van der Waals surface area (Å²) in [5.41, 5.74) is 8.40. The van der Waals surface area contributed by atoms with Gasteiger partial charge in [-0.3, -0.25) is 14.5 Å². The van der Waals surface area contributed by atoms with E-state index >= 15 is 0 Å². The Morgan fingerprint density at radius 3 is 2.45 bits per heavy atom. The van der Waals surface area contributed by atoms with E-state index in [2.05, 4.69) is 0 Å². The summed E-state index contributed by atoms with van der Waals surface area (Å²) >= 11 is 0. The standard InChI is InChI=1S/C18H18N2O2/c19-18(22)16-12-14-8-4-5-9-15(14)20(16)17(21)11-10-13-6-2-1-3-7-13/h1-9,16H,10-12H2,(H2,19,22). The molecule has 0 fully saturated rings. The third-order valence-corrected chi connectivity index (χ3v) is 4.04. The maximum absolute atomic E-state index is 12.6. The highest BCUT2D eigenvalue weighted by molar-refractivity contribution is 6.03. The molecule has 0 saturated heterocycles. The fourth-order valence-corrected chi connectivity index (χ4v) is 2.94. The van der Waals surface area contributed by atoms with Crippen LogP contribution in [0.2, 0.25) is 0 Å². The summed E-state index contributed by atoms with van der Waals surface area (Å²) in [5, 5.41) is 0. The Morgan fingerprint density at radius 2 is 1.73 bits per heavy atom. The summed E-state index contributed by atoms with van der Waals surface area (Å²) in [6, 6.07) is 16.9. The highest BCUT2D eigenvalue weighted by Gasteiger charge is 2.36. The first-order valence-electron chi connectivity index (χ1n) is 7.40. The zero-order valence-electron chi connectivity index (χ0n) is 12.2. The van der Waals surface area contributed by atoms with Crippen molar-refractivity contribution in [1.82, 2.24) is 0 Å². The molecule has 0 saturated carbocycles. The van der Waals surface area contributed by atoms with Crippen molar-refractivity contribution in [2.45, 2.75) is 25.3 Å². The molecule has 4 nitrogen and oxygen atoms in total. The smallest absolute Gasteiger partial charge is 0.240 e. The molecule has 1 aliphatic rings. The van der Waals surface area contributed by atoms with Crippen LogP contribution in [0.4, 0.5) is 5.69 Å². The third-order valence-electron chi connectivity index (χ3n) is 4.04. The molecule has 0 spiro atoms. The molecule has 0 radical (unpaired) electrons. The summed E-state index contributed by atoms with van der Waals surface area (Å²) in [7, 11) is 0. The number of amides is 2. The predicted molar refractivity (Wildman–Crippen MR) is 85.4 cm³/mol. The number of aryl methyl sites for hydroxylation is 1. The second-order valence-electron chi connectivity index (χ2n) is 5.50. The minimum absolute atomic E-state index is 0.0578. The van der Waals surface area contributed by atoms with E-state index in [1.807, 2.05) is 54.6 Å². The number of nitrogens with zero attached hydrogens (tertiary/aromatic N) is 1. The number of benzene rings is 2. The van der Waals surface area contributed by atoms with Gasteiger partial charge in [-0.15, -0.1) is 0 Å². The van der Waals surface area contributed by atoms with Crippen molar-refractivity contribution in [3.8, 4) is 0 Å². The van der Waals surface area contributed by atoms with Gasteiger partial charge in [0.15, 0.2) is 0 Å². The van der Waals surface area contributed by atoms with E-state index in [1.165, 1.54) is 0 Å². The monoisotopic (exact) mass is 294 g/mol. The Morgan fingerprint density at radius 1 is 1.05 bits per heavy atom. The molecule has 0 aliphatic carbocycles. The van der Waals surface area contributed by atoms with E-state index in [-0.39, 0.29) is 5.91 Å². The minimum Gasteiger partial charge on any atom is -0.368 e. The lowest BCUT2D eigenvalue weighted by atomic mass is 10.1. The zero-order chi connectivity index (χ0) is 15.5. The fraction of sp³-hybridized carbons (Fsp3) is 0.222. The van der Waals surface area contributed by atoms with E-state index in [1.54, 1.807) is 4.90 Å². The van der Waals surface area contributed by atoms with Gasteiger partial charge in [-0.2, -0.15) is 0 Å². The van der Waals surface area contributed by atoms with Gasteiger partial charge in [-0.1, -0.05) is 48.5 Å². The highest BCUT2D eigenvalue weighted by atomic mass is 16.2. The van der Waals surface area contributed by atoms with Gasteiger partial charge in [-0.25, -0.2) is 0 Å². The summed E-state index contributed by atoms with van der Waals surface area (Å²) in [6.45, 7) is 0. The van der Waals surface area contributed by atoms with Crippen molar-refractivity contribution < 1.29 is 9.59 Å². The zero-order valence-corrected chi connectivity index (χ0v) is 12.2. The predicted octanol–water partition coefficient (Wildman–Crippen LogP) is 2.06. The number of rotatable bonds is 4. The lowest BCUT2D eigenvalue weighted by molar-refractivity contribution is -0.124. The SMILES string of the molecule is NC(=O)C1Cc2ccccc2N1C(=O)CCc1ccccc1. The lowest BCUT2D eigenvalue weighted by Gasteiger charge is -2.23. The Bertz CT molecular complexity index is 697. The molecule has 3 rings (SSSR count). The van der Waals surface area contributed by atoms with Crippen LogP contribution in [0, 0.1) is 0 Å². The van der Waals surface area contributed by atoms with E-state index in [0.717, 1.165) is 16.8 Å². The summed E-state index contributed by atoms with van der Waals surface area (Å²) in [5.74, 6) is -0.512. The molecular formula is C18H18N2O2. The molecular weight excluding hydrogens is 276 g/mol. The molecule has 112 valence electrons. The first kappa shape index (κ1) is 14.3. The second-order valence-corrected chi connectivity index (χ2v) is 5.50. The Labute approximate surface area is 129 Å². The molecule has 1 heterocycles. The number of hydrogen-bond donors (Lipinski definition) is 1. The molecule has 2 aromatic rings. The van der Waals surface area contributed by atoms with Crippen LogP contribution in [-0.2, 0) is 22.4 Å². The molecule has 2 aromatic carbocycles. The first-order chi connectivity index (χ1) is 10.7. The Balaban J connectivity index is 1.78. The summed E-state index contributed by atoms with van der Waals surface area (Å²) < 4.78 is 0. The van der Waals surface area contributed by atoms with Crippen LogP contribution in [0.15, 0.2) is 54.6 Å². The number of fused-ring (bicyclic) bond motifs is 1. The van der Waals surface area contributed by atoms with Gasteiger partial charge in [0.25, 0.3) is 0 Å². The molecule has 22 heavy (non-hydrogen) atoms. The van der Waals surface area contributed by atoms with Gasteiger partial charge < -0.3 is 5.73 Å². The van der Waals surface area contributed by atoms with Crippen LogP contribution in [0.5, 0.6) is 0 Å². The van der Waals surface area contributed by atoms with E-state index in [0.29, 0.717) is 19.3 Å². The number of hydrogen-bond acceptors (Lipinski definition) is 2. The molecule has 0 bridgehead atoms. The van der Waals surface area contributed by atoms with Crippen molar-refractivity contribution in [2.75, 3.05) is 4.90 Å². The van der Waals surface area contributed by atoms with Crippen molar-refractivity contribution in [1.29, 1.82) is 0 Å². The molecule has 1 atom stereocenters. The topological polar surface area (TPSA) is 63.4 Å². The van der Waals surface area contributed by atoms with Gasteiger partial charge in [0.1, 0.15) is 6.04 Å². The number of carbonyl (C=O) groups excluding carboxylic acids is 2. The minimum atomic E-state index is -0.569. The Hall–Kier alpha value is -2.62. The van der Waals surface area contributed by atoms with E-state index in [9.17, 15) is 9.59 Å². The van der Waals surface area contributed by atoms with Crippen LogP contribution in [-0.4, -0.2) is 17.9 Å². The van der Waals surface area contributed by atoms with Gasteiger partial charge in [0.2, 0.25) is 11.8 Å². The second kappa shape index (κ2) is 6.02. The molecule has 1 aliphatic heterocycles. The first-order valence-corrected chi connectivity index (χ1v) is 7.40. The summed E-state index contributed by atoms with van der Waals surface area (Å²) in [4.78, 5) is 25.9. The molecule has 1 unspecified atom stereocenters. The fourth-order valence-electron chi connectivity index (χ4n) is 2.94.